The van der Waals surface area contributed by atoms with Crippen molar-refractivity contribution in [2.24, 2.45) is 5.73 Å². The summed E-state index contributed by atoms with van der Waals surface area (Å²) in [5, 5.41) is 0. The van der Waals surface area contributed by atoms with Gasteiger partial charge in [0.15, 0.2) is 0 Å². The Bertz CT molecular complexity index is 392. The molecule has 0 aromatic heterocycles. The molecule has 0 radical (unpaired) electrons. The third-order valence-electron chi connectivity index (χ3n) is 3.24. The number of alkyl halides is 1. The highest BCUT2D eigenvalue weighted by Crippen LogP contribution is 2.20. The predicted octanol–water partition coefficient (Wildman–Crippen LogP) is 2.73. The molecule has 19 heavy (non-hydrogen) atoms. The standard InChI is InChI=1S/C15H23ClN2O/c1-3-4-11-18(12-10-16)14(19)15(2,17)13-8-6-5-7-9-13/h5-9H,3-4,10-12,17H2,1-2H3. The molecule has 1 unspecified atom stereocenters. The van der Waals surface area contributed by atoms with Gasteiger partial charge in [-0.05, 0) is 18.9 Å². The van der Waals surface area contributed by atoms with Crippen LogP contribution in [0, 0.1) is 0 Å². The van der Waals surface area contributed by atoms with Gasteiger partial charge in [0, 0.05) is 19.0 Å². The van der Waals surface area contributed by atoms with E-state index in [0.717, 1.165) is 18.4 Å². The minimum atomic E-state index is -0.999. The van der Waals surface area contributed by atoms with Crippen LogP contribution in [0.5, 0.6) is 0 Å². The maximum Gasteiger partial charge on any atom is 0.247 e. The maximum absolute atomic E-state index is 12.6. The number of unbranched alkanes of at least 4 members (excludes halogenated alkanes) is 1. The monoisotopic (exact) mass is 282 g/mol. The first-order chi connectivity index (χ1) is 9.04. The van der Waals surface area contributed by atoms with Crippen LogP contribution in [0.15, 0.2) is 30.3 Å². The average molecular weight is 283 g/mol. The number of rotatable bonds is 7. The lowest BCUT2D eigenvalue weighted by Crippen LogP contribution is -2.51. The summed E-state index contributed by atoms with van der Waals surface area (Å²) in [7, 11) is 0. The number of hydrogen-bond donors (Lipinski definition) is 1. The second-order valence-corrected chi connectivity index (χ2v) is 5.28. The van der Waals surface area contributed by atoms with Gasteiger partial charge in [0.2, 0.25) is 5.91 Å². The van der Waals surface area contributed by atoms with Gasteiger partial charge in [-0.3, -0.25) is 4.79 Å². The molecular formula is C15H23ClN2O. The predicted molar refractivity (Wildman–Crippen MR) is 80.2 cm³/mol. The fraction of sp³-hybridized carbons (Fsp3) is 0.533. The van der Waals surface area contributed by atoms with E-state index in [2.05, 4.69) is 6.92 Å². The Morgan fingerprint density at radius 1 is 1.32 bits per heavy atom. The zero-order valence-electron chi connectivity index (χ0n) is 11.7. The molecule has 0 aliphatic carbocycles. The molecular weight excluding hydrogens is 260 g/mol. The van der Waals surface area contributed by atoms with E-state index in [1.165, 1.54) is 0 Å². The summed E-state index contributed by atoms with van der Waals surface area (Å²) < 4.78 is 0. The summed E-state index contributed by atoms with van der Waals surface area (Å²) in [5.74, 6) is 0.369. The summed E-state index contributed by atoms with van der Waals surface area (Å²) in [4.78, 5) is 14.4. The van der Waals surface area contributed by atoms with Crippen LogP contribution in [0.2, 0.25) is 0 Å². The summed E-state index contributed by atoms with van der Waals surface area (Å²) in [6.45, 7) is 5.11. The van der Waals surface area contributed by atoms with Gasteiger partial charge >= 0.3 is 0 Å². The lowest BCUT2D eigenvalue weighted by molar-refractivity contribution is -0.136. The fourth-order valence-corrected chi connectivity index (χ4v) is 2.21. The van der Waals surface area contributed by atoms with Gasteiger partial charge in [-0.15, -0.1) is 11.6 Å². The van der Waals surface area contributed by atoms with Gasteiger partial charge in [0.1, 0.15) is 5.54 Å². The van der Waals surface area contributed by atoms with E-state index in [9.17, 15) is 4.79 Å². The summed E-state index contributed by atoms with van der Waals surface area (Å²) >= 11 is 5.78. The molecule has 1 rings (SSSR count). The minimum absolute atomic E-state index is 0.0622. The Balaban J connectivity index is 2.88. The first kappa shape index (κ1) is 16.0. The van der Waals surface area contributed by atoms with Crippen LogP contribution in [0.3, 0.4) is 0 Å². The van der Waals surface area contributed by atoms with Gasteiger partial charge in [-0.2, -0.15) is 0 Å². The molecule has 1 atom stereocenters. The molecule has 0 aliphatic rings. The second kappa shape index (κ2) is 7.51. The van der Waals surface area contributed by atoms with E-state index in [4.69, 9.17) is 17.3 Å². The van der Waals surface area contributed by atoms with Crippen LogP contribution in [-0.4, -0.2) is 29.8 Å². The second-order valence-electron chi connectivity index (χ2n) is 4.90. The summed E-state index contributed by atoms with van der Waals surface area (Å²) in [6.07, 6.45) is 2.01. The number of halogens is 1. The summed E-state index contributed by atoms with van der Waals surface area (Å²) in [6, 6.07) is 9.47. The average Bonchev–Trinajstić information content (AvgIpc) is 2.43. The number of amides is 1. The molecule has 4 heteroatoms. The van der Waals surface area contributed by atoms with E-state index < -0.39 is 5.54 Å². The largest absolute Gasteiger partial charge is 0.340 e. The van der Waals surface area contributed by atoms with E-state index in [1.807, 2.05) is 30.3 Å². The molecule has 0 heterocycles. The number of carbonyl (C=O) groups excluding carboxylic acids is 1. The highest BCUT2D eigenvalue weighted by Gasteiger charge is 2.33. The maximum atomic E-state index is 12.6. The lowest BCUT2D eigenvalue weighted by atomic mass is 9.91. The quantitative estimate of drug-likeness (QED) is 0.782. The molecule has 106 valence electrons. The van der Waals surface area contributed by atoms with Crippen LogP contribution in [-0.2, 0) is 10.3 Å². The van der Waals surface area contributed by atoms with E-state index >= 15 is 0 Å². The van der Waals surface area contributed by atoms with Crippen LogP contribution < -0.4 is 5.73 Å². The molecule has 1 aromatic rings. The van der Waals surface area contributed by atoms with Crippen molar-refractivity contribution in [1.29, 1.82) is 0 Å². The summed E-state index contributed by atoms with van der Waals surface area (Å²) in [5.41, 5.74) is 6.08. The van der Waals surface area contributed by atoms with Gasteiger partial charge in [-0.25, -0.2) is 0 Å². The lowest BCUT2D eigenvalue weighted by Gasteiger charge is -2.32. The van der Waals surface area contributed by atoms with Crippen molar-refractivity contribution in [1.82, 2.24) is 4.90 Å². The SMILES string of the molecule is CCCCN(CCCl)C(=O)C(C)(N)c1ccccc1. The molecule has 0 saturated heterocycles. The molecule has 2 N–H and O–H groups in total. The van der Waals surface area contributed by atoms with Gasteiger partial charge < -0.3 is 10.6 Å². The molecule has 0 bridgehead atoms. The topological polar surface area (TPSA) is 46.3 Å². The third kappa shape index (κ3) is 4.22. The minimum Gasteiger partial charge on any atom is -0.340 e. The fourth-order valence-electron chi connectivity index (χ4n) is 2.00. The first-order valence-electron chi connectivity index (χ1n) is 6.73. The smallest absolute Gasteiger partial charge is 0.247 e. The Labute approximate surface area is 120 Å². The number of benzene rings is 1. The molecule has 0 spiro atoms. The van der Waals surface area contributed by atoms with Gasteiger partial charge in [0.05, 0.1) is 0 Å². The number of hydrogen-bond acceptors (Lipinski definition) is 2. The Morgan fingerprint density at radius 3 is 2.47 bits per heavy atom. The molecule has 1 aromatic carbocycles. The van der Waals surface area contributed by atoms with Gasteiger partial charge in [-0.1, -0.05) is 43.7 Å². The van der Waals surface area contributed by atoms with Crippen molar-refractivity contribution in [3.05, 3.63) is 35.9 Å². The highest BCUT2D eigenvalue weighted by molar-refractivity contribution is 6.18. The van der Waals surface area contributed by atoms with Crippen LogP contribution in [0.4, 0.5) is 0 Å². The zero-order chi connectivity index (χ0) is 14.3. The normalized spacial score (nSPS) is 13.9. The Hall–Kier alpha value is -1.06. The molecule has 0 saturated carbocycles. The molecule has 3 nitrogen and oxygen atoms in total. The third-order valence-corrected chi connectivity index (χ3v) is 3.41. The number of nitrogens with zero attached hydrogens (tertiary/aromatic N) is 1. The van der Waals surface area contributed by atoms with Gasteiger partial charge in [0.25, 0.3) is 0 Å². The zero-order valence-corrected chi connectivity index (χ0v) is 12.5. The molecule has 0 aliphatic heterocycles. The Morgan fingerprint density at radius 2 is 1.95 bits per heavy atom. The van der Waals surface area contributed by atoms with Crippen molar-refractivity contribution in [3.63, 3.8) is 0 Å². The van der Waals surface area contributed by atoms with Crippen LogP contribution >= 0.6 is 11.6 Å². The van der Waals surface area contributed by atoms with E-state index in [1.54, 1.807) is 11.8 Å². The Kier molecular flexibility index (Phi) is 6.32. The van der Waals surface area contributed by atoms with Crippen molar-refractivity contribution in [2.45, 2.75) is 32.2 Å². The van der Waals surface area contributed by atoms with Crippen LogP contribution in [0.1, 0.15) is 32.3 Å². The number of nitrogens with two attached hydrogens (primary N) is 1. The highest BCUT2D eigenvalue weighted by atomic mass is 35.5. The van der Waals surface area contributed by atoms with E-state index in [-0.39, 0.29) is 5.91 Å². The number of carbonyl (C=O) groups is 1. The van der Waals surface area contributed by atoms with Crippen molar-refractivity contribution in [3.8, 4) is 0 Å². The van der Waals surface area contributed by atoms with Crippen molar-refractivity contribution >= 4 is 17.5 Å². The first-order valence-corrected chi connectivity index (χ1v) is 7.27. The van der Waals surface area contributed by atoms with Crippen LogP contribution in [0.25, 0.3) is 0 Å². The van der Waals surface area contributed by atoms with Crippen molar-refractivity contribution in [2.75, 3.05) is 19.0 Å². The molecule has 1 amide bonds. The van der Waals surface area contributed by atoms with Crippen molar-refractivity contribution < 1.29 is 4.79 Å². The van der Waals surface area contributed by atoms with E-state index in [0.29, 0.717) is 19.0 Å². The molecule has 0 fully saturated rings.